The number of nitrogens with zero attached hydrogens (tertiary/aromatic N) is 1. The van der Waals surface area contributed by atoms with Gasteiger partial charge in [-0.15, -0.1) is 0 Å². The van der Waals surface area contributed by atoms with Crippen LogP contribution in [-0.2, 0) is 4.79 Å². The van der Waals surface area contributed by atoms with Crippen LogP contribution in [0.15, 0.2) is 24.3 Å². The highest BCUT2D eigenvalue weighted by Crippen LogP contribution is 2.25. The molecule has 0 spiro atoms. The molecule has 2 rings (SSSR count). The van der Waals surface area contributed by atoms with Crippen molar-refractivity contribution in [3.8, 4) is 0 Å². The summed E-state index contributed by atoms with van der Waals surface area (Å²) < 4.78 is 0. The number of piperidine rings is 1. The molecule has 21 heavy (non-hydrogen) atoms. The highest BCUT2D eigenvalue weighted by Gasteiger charge is 2.25. The summed E-state index contributed by atoms with van der Waals surface area (Å²) in [5.74, 6) is 0.0761. The first-order valence-corrected chi connectivity index (χ1v) is 7.67. The maximum atomic E-state index is 12.5. The summed E-state index contributed by atoms with van der Waals surface area (Å²) in [7, 11) is 2.08. The molecule has 1 aliphatic rings. The van der Waals surface area contributed by atoms with Crippen molar-refractivity contribution in [2.45, 2.75) is 33.6 Å². The molecule has 1 aliphatic heterocycles. The number of carbonyl (C=O) groups is 2. The van der Waals surface area contributed by atoms with Crippen LogP contribution in [-0.4, -0.2) is 36.7 Å². The van der Waals surface area contributed by atoms with Gasteiger partial charge in [-0.1, -0.05) is 26.0 Å². The Kier molecular flexibility index (Phi) is 7.09. The van der Waals surface area contributed by atoms with Gasteiger partial charge >= 0.3 is 0 Å². The number of anilines is 1. The van der Waals surface area contributed by atoms with Gasteiger partial charge in [0.2, 0.25) is 5.91 Å². The van der Waals surface area contributed by atoms with Crippen LogP contribution in [0.25, 0.3) is 0 Å². The fraction of sp³-hybridized carbons (Fsp3) is 0.529. The monoisotopic (exact) mass is 290 g/mol. The van der Waals surface area contributed by atoms with Crippen LogP contribution in [0, 0.1) is 5.92 Å². The van der Waals surface area contributed by atoms with Crippen LogP contribution in [0.4, 0.5) is 5.69 Å². The van der Waals surface area contributed by atoms with Crippen molar-refractivity contribution in [2.75, 3.05) is 25.5 Å². The molecule has 1 fully saturated rings. The largest absolute Gasteiger partial charge is 0.326 e. The minimum atomic E-state index is -0.149. The fourth-order valence-corrected chi connectivity index (χ4v) is 2.49. The zero-order chi connectivity index (χ0) is 15.8. The molecule has 4 heteroatoms. The van der Waals surface area contributed by atoms with Gasteiger partial charge in [0, 0.05) is 18.4 Å². The number of ketones is 1. The molecule has 1 saturated heterocycles. The van der Waals surface area contributed by atoms with Crippen molar-refractivity contribution in [3.05, 3.63) is 29.8 Å². The highest BCUT2D eigenvalue weighted by molar-refractivity contribution is 6.05. The molecule has 0 aliphatic carbocycles. The van der Waals surface area contributed by atoms with Crippen molar-refractivity contribution in [3.63, 3.8) is 0 Å². The van der Waals surface area contributed by atoms with Crippen molar-refractivity contribution in [1.82, 2.24) is 4.90 Å². The van der Waals surface area contributed by atoms with Crippen LogP contribution in [0.2, 0.25) is 0 Å². The predicted molar refractivity (Wildman–Crippen MR) is 86.6 cm³/mol. The summed E-state index contributed by atoms with van der Waals surface area (Å²) in [6.07, 6.45) is 1.79. The number of carbonyl (C=O) groups excluding carboxylic acids is 2. The zero-order valence-corrected chi connectivity index (χ0v) is 13.5. The van der Waals surface area contributed by atoms with Gasteiger partial charge in [0.1, 0.15) is 0 Å². The topological polar surface area (TPSA) is 49.4 Å². The second kappa shape index (κ2) is 8.57. The number of hydrogen-bond donors (Lipinski definition) is 1. The lowest BCUT2D eigenvalue weighted by Gasteiger charge is -2.28. The van der Waals surface area contributed by atoms with Gasteiger partial charge in [-0.3, -0.25) is 9.59 Å². The summed E-state index contributed by atoms with van der Waals surface area (Å²) >= 11 is 0. The van der Waals surface area contributed by atoms with Crippen LogP contribution in [0.3, 0.4) is 0 Å². The van der Waals surface area contributed by atoms with Crippen molar-refractivity contribution < 1.29 is 9.59 Å². The number of para-hydroxylation sites is 1. The summed E-state index contributed by atoms with van der Waals surface area (Å²) in [4.78, 5) is 26.0. The Bertz CT molecular complexity index is 477. The molecular weight excluding hydrogens is 264 g/mol. The number of hydrogen-bond acceptors (Lipinski definition) is 3. The molecule has 0 saturated carbocycles. The average molecular weight is 290 g/mol. The van der Waals surface area contributed by atoms with Crippen LogP contribution < -0.4 is 5.32 Å². The second-order valence-electron chi connectivity index (χ2n) is 5.17. The quantitative estimate of drug-likeness (QED) is 0.870. The molecule has 0 unspecified atom stereocenters. The third-order valence-electron chi connectivity index (χ3n) is 3.59. The summed E-state index contributed by atoms with van der Waals surface area (Å²) in [5, 5.41) is 2.73. The van der Waals surface area contributed by atoms with E-state index < -0.39 is 0 Å². The Morgan fingerprint density at radius 2 is 1.71 bits per heavy atom. The molecular formula is C17H26N2O2. The molecule has 1 amide bonds. The maximum absolute atomic E-state index is 12.5. The molecule has 1 heterocycles. The lowest BCUT2D eigenvalue weighted by atomic mass is 9.88. The summed E-state index contributed by atoms with van der Waals surface area (Å²) in [6, 6.07) is 7.25. The number of Topliss-reactive ketones (excluding diaryl/α,β-unsaturated/α-hetero) is 1. The Morgan fingerprint density at radius 1 is 1.14 bits per heavy atom. The third kappa shape index (κ3) is 4.97. The van der Waals surface area contributed by atoms with E-state index in [1.807, 2.05) is 26.0 Å². The van der Waals surface area contributed by atoms with E-state index in [-0.39, 0.29) is 17.6 Å². The Hall–Kier alpha value is -1.68. The smallest absolute Gasteiger partial charge is 0.221 e. The van der Waals surface area contributed by atoms with E-state index in [0.29, 0.717) is 11.3 Å². The van der Waals surface area contributed by atoms with Crippen LogP contribution in [0.5, 0.6) is 0 Å². The van der Waals surface area contributed by atoms with E-state index in [4.69, 9.17) is 0 Å². The van der Waals surface area contributed by atoms with E-state index in [1.165, 1.54) is 6.92 Å². The molecule has 1 aromatic rings. The lowest BCUT2D eigenvalue weighted by Crippen LogP contribution is -2.33. The van der Waals surface area contributed by atoms with Gasteiger partial charge in [-0.25, -0.2) is 0 Å². The van der Waals surface area contributed by atoms with Crippen molar-refractivity contribution >= 4 is 17.4 Å². The van der Waals surface area contributed by atoms with Gasteiger partial charge in [-0.2, -0.15) is 0 Å². The molecule has 1 N–H and O–H groups in total. The Labute approximate surface area is 127 Å². The molecule has 4 nitrogen and oxygen atoms in total. The second-order valence-corrected chi connectivity index (χ2v) is 5.17. The Balaban J connectivity index is 0.00000106. The molecule has 0 atom stereocenters. The first-order chi connectivity index (χ1) is 10.1. The van der Waals surface area contributed by atoms with Gasteiger partial charge in [0.25, 0.3) is 0 Å². The Morgan fingerprint density at radius 3 is 2.29 bits per heavy atom. The predicted octanol–water partition coefficient (Wildman–Crippen LogP) is 3.20. The fourth-order valence-electron chi connectivity index (χ4n) is 2.49. The minimum Gasteiger partial charge on any atom is -0.326 e. The van der Waals surface area contributed by atoms with E-state index >= 15 is 0 Å². The standard InChI is InChI=1S/C15H20N2O2.C2H6/c1-11(18)16-14-6-4-3-5-13(14)15(19)12-7-9-17(2)10-8-12;1-2/h3-6,12H,7-10H2,1-2H3,(H,16,18);1-2H3. The minimum absolute atomic E-state index is 0.0751. The third-order valence-corrected chi connectivity index (χ3v) is 3.59. The van der Waals surface area contributed by atoms with Gasteiger partial charge in [0.05, 0.1) is 5.69 Å². The molecule has 0 aromatic heterocycles. The number of nitrogens with one attached hydrogen (secondary N) is 1. The number of rotatable bonds is 3. The van der Waals surface area contributed by atoms with E-state index in [9.17, 15) is 9.59 Å². The van der Waals surface area contributed by atoms with Crippen LogP contribution in [0.1, 0.15) is 44.0 Å². The van der Waals surface area contributed by atoms with Gasteiger partial charge in [0.15, 0.2) is 5.78 Å². The molecule has 0 bridgehead atoms. The number of likely N-dealkylation sites (tertiary alicyclic amines) is 1. The first-order valence-electron chi connectivity index (χ1n) is 7.67. The SMILES string of the molecule is CC.CC(=O)Nc1ccccc1C(=O)C1CCN(C)CC1. The number of amides is 1. The van der Waals surface area contributed by atoms with E-state index in [2.05, 4.69) is 17.3 Å². The summed E-state index contributed by atoms with van der Waals surface area (Å²) in [5.41, 5.74) is 1.26. The maximum Gasteiger partial charge on any atom is 0.221 e. The molecule has 0 radical (unpaired) electrons. The van der Waals surface area contributed by atoms with E-state index in [1.54, 1.807) is 12.1 Å². The lowest BCUT2D eigenvalue weighted by molar-refractivity contribution is -0.114. The number of benzene rings is 1. The van der Waals surface area contributed by atoms with Crippen molar-refractivity contribution in [2.24, 2.45) is 5.92 Å². The van der Waals surface area contributed by atoms with E-state index in [0.717, 1.165) is 25.9 Å². The average Bonchev–Trinajstić information content (AvgIpc) is 2.49. The highest BCUT2D eigenvalue weighted by atomic mass is 16.1. The van der Waals surface area contributed by atoms with Crippen LogP contribution >= 0.6 is 0 Å². The first kappa shape index (κ1) is 17.4. The zero-order valence-electron chi connectivity index (χ0n) is 13.5. The summed E-state index contributed by atoms with van der Waals surface area (Å²) in [6.45, 7) is 7.37. The van der Waals surface area contributed by atoms with Crippen molar-refractivity contribution in [1.29, 1.82) is 0 Å². The van der Waals surface area contributed by atoms with Gasteiger partial charge in [-0.05, 0) is 45.1 Å². The molecule has 1 aromatic carbocycles. The normalized spacial score (nSPS) is 15.8. The molecule has 116 valence electrons. The van der Waals surface area contributed by atoms with Gasteiger partial charge < -0.3 is 10.2 Å².